The van der Waals surface area contributed by atoms with Crippen molar-refractivity contribution in [3.63, 3.8) is 0 Å². The van der Waals surface area contributed by atoms with Crippen LogP contribution in [0.15, 0.2) is 114 Å². The molecule has 1 aromatic heterocycles. The zero-order valence-electron chi connectivity index (χ0n) is 22.4. The van der Waals surface area contributed by atoms with Gasteiger partial charge in [-0.05, 0) is 76.2 Å². The Labute approximate surface area is 228 Å². The Morgan fingerprint density at radius 2 is 1.33 bits per heavy atom. The van der Waals surface area contributed by atoms with Crippen LogP contribution in [0.1, 0.15) is 30.5 Å². The summed E-state index contributed by atoms with van der Waals surface area (Å²) < 4.78 is 6.52. The summed E-state index contributed by atoms with van der Waals surface area (Å²) >= 11 is 0. The van der Waals surface area contributed by atoms with Gasteiger partial charge < -0.3 is 15.5 Å². The Morgan fingerprint density at radius 1 is 0.667 bits per heavy atom. The van der Waals surface area contributed by atoms with E-state index in [1.54, 1.807) is 0 Å². The minimum atomic E-state index is -0.0444. The van der Waals surface area contributed by atoms with Crippen molar-refractivity contribution in [2.45, 2.75) is 26.2 Å². The quantitative estimate of drug-likeness (QED) is 0.234. The number of nitrogens with two attached hydrogens (primary N) is 1. The fourth-order valence-electron chi connectivity index (χ4n) is 6.05. The number of aryl methyl sites for hydroxylation is 1. The lowest BCUT2D eigenvalue weighted by atomic mass is 9.81. The molecule has 0 fully saturated rings. The van der Waals surface area contributed by atoms with Gasteiger partial charge in [0, 0.05) is 16.4 Å². The Kier molecular flexibility index (Phi) is 5.18. The minimum absolute atomic E-state index is 0.0444. The van der Waals surface area contributed by atoms with E-state index in [9.17, 15) is 0 Å². The largest absolute Gasteiger partial charge is 0.454 e. The van der Waals surface area contributed by atoms with E-state index >= 15 is 0 Å². The lowest BCUT2D eigenvalue weighted by Crippen LogP contribution is -2.14. The fraction of sp³-hybridized carbons (Fsp3) is 0.111. The standard InChI is InChI=1S/C36H30N2O/c1-22-10-4-5-11-25(22)35-34(38-32-15-9-8-14-31(32)37)28-20-23(17-19-33(28)39-35)24-16-18-27-26-12-6-7-13-29(26)36(2,3)30(27)21-24/h4-21,38H,37H2,1-3H3. The van der Waals surface area contributed by atoms with Gasteiger partial charge in [-0.3, -0.25) is 0 Å². The van der Waals surface area contributed by atoms with Gasteiger partial charge in [0.2, 0.25) is 0 Å². The van der Waals surface area contributed by atoms with Gasteiger partial charge in [-0.2, -0.15) is 0 Å². The van der Waals surface area contributed by atoms with Crippen molar-refractivity contribution < 1.29 is 4.42 Å². The van der Waals surface area contributed by atoms with E-state index in [2.05, 4.69) is 105 Å². The number of hydrogen-bond donors (Lipinski definition) is 2. The van der Waals surface area contributed by atoms with Crippen LogP contribution in [-0.4, -0.2) is 0 Å². The van der Waals surface area contributed by atoms with Gasteiger partial charge in [-0.15, -0.1) is 0 Å². The molecule has 0 unspecified atom stereocenters. The number of furan rings is 1. The van der Waals surface area contributed by atoms with Gasteiger partial charge in [0.25, 0.3) is 0 Å². The summed E-state index contributed by atoms with van der Waals surface area (Å²) in [4.78, 5) is 0. The third kappa shape index (κ3) is 3.65. The SMILES string of the molecule is Cc1ccccc1-c1oc2ccc(-c3ccc4c(c3)C(C)(C)c3ccccc3-4)cc2c1Nc1ccccc1N. The molecule has 3 heteroatoms. The van der Waals surface area contributed by atoms with Crippen LogP contribution in [0.2, 0.25) is 0 Å². The predicted octanol–water partition coefficient (Wildman–Crippen LogP) is 9.71. The molecule has 0 radical (unpaired) electrons. The second-order valence-electron chi connectivity index (χ2n) is 11.0. The molecule has 0 amide bonds. The van der Waals surface area contributed by atoms with E-state index in [0.29, 0.717) is 5.69 Å². The molecule has 1 heterocycles. The van der Waals surface area contributed by atoms with Crippen molar-refractivity contribution >= 4 is 28.0 Å². The monoisotopic (exact) mass is 506 g/mol. The summed E-state index contributed by atoms with van der Waals surface area (Å²) in [5.74, 6) is 0.814. The summed E-state index contributed by atoms with van der Waals surface area (Å²) in [5, 5.41) is 4.64. The van der Waals surface area contributed by atoms with E-state index in [4.69, 9.17) is 10.2 Å². The number of nitrogen functional groups attached to an aromatic ring is 1. The number of nitrogens with one attached hydrogen (secondary N) is 1. The van der Waals surface area contributed by atoms with E-state index in [1.165, 1.54) is 27.8 Å². The minimum Gasteiger partial charge on any atom is -0.454 e. The van der Waals surface area contributed by atoms with Crippen molar-refractivity contribution in [2.75, 3.05) is 11.1 Å². The molecule has 0 saturated heterocycles. The molecule has 0 aliphatic heterocycles. The van der Waals surface area contributed by atoms with Gasteiger partial charge in [0.15, 0.2) is 5.76 Å². The molecule has 190 valence electrons. The average Bonchev–Trinajstić information content (AvgIpc) is 3.42. The van der Waals surface area contributed by atoms with Crippen LogP contribution in [0.4, 0.5) is 17.1 Å². The highest BCUT2D eigenvalue weighted by atomic mass is 16.3. The Bertz CT molecular complexity index is 1890. The highest BCUT2D eigenvalue weighted by Crippen LogP contribution is 2.50. The highest BCUT2D eigenvalue weighted by Gasteiger charge is 2.35. The maximum atomic E-state index is 6.52. The van der Waals surface area contributed by atoms with Crippen molar-refractivity contribution in [1.82, 2.24) is 0 Å². The van der Waals surface area contributed by atoms with Crippen LogP contribution in [0.3, 0.4) is 0 Å². The normalized spacial score (nSPS) is 13.3. The number of rotatable bonds is 4. The molecule has 0 spiro atoms. The second-order valence-corrected chi connectivity index (χ2v) is 11.0. The fourth-order valence-corrected chi connectivity index (χ4v) is 6.05. The molecular formula is C36H30N2O. The molecule has 1 aliphatic carbocycles. The van der Waals surface area contributed by atoms with Crippen molar-refractivity contribution in [1.29, 1.82) is 0 Å². The maximum Gasteiger partial charge on any atom is 0.159 e. The molecular weight excluding hydrogens is 476 g/mol. The maximum absolute atomic E-state index is 6.52. The molecule has 6 aromatic rings. The van der Waals surface area contributed by atoms with Crippen molar-refractivity contribution in [3.8, 4) is 33.6 Å². The van der Waals surface area contributed by atoms with Crippen LogP contribution < -0.4 is 11.1 Å². The average molecular weight is 507 g/mol. The lowest BCUT2D eigenvalue weighted by molar-refractivity contribution is 0.632. The summed E-state index contributed by atoms with van der Waals surface area (Å²) in [6.07, 6.45) is 0. The molecule has 1 aliphatic rings. The first-order valence-corrected chi connectivity index (χ1v) is 13.4. The van der Waals surface area contributed by atoms with Gasteiger partial charge in [0.1, 0.15) is 5.58 Å². The predicted molar refractivity (Wildman–Crippen MR) is 164 cm³/mol. The molecule has 0 bridgehead atoms. The molecule has 0 atom stereocenters. The van der Waals surface area contributed by atoms with Crippen LogP contribution >= 0.6 is 0 Å². The first-order valence-electron chi connectivity index (χ1n) is 13.4. The molecule has 3 N–H and O–H groups in total. The summed E-state index contributed by atoms with van der Waals surface area (Å²) in [6, 6.07) is 38.3. The van der Waals surface area contributed by atoms with Crippen LogP contribution in [-0.2, 0) is 5.41 Å². The third-order valence-corrected chi connectivity index (χ3v) is 8.21. The first-order chi connectivity index (χ1) is 18.9. The molecule has 39 heavy (non-hydrogen) atoms. The van der Waals surface area contributed by atoms with Gasteiger partial charge in [-0.25, -0.2) is 0 Å². The first kappa shape index (κ1) is 23.4. The topological polar surface area (TPSA) is 51.2 Å². The van der Waals surface area contributed by atoms with Crippen LogP contribution in [0.5, 0.6) is 0 Å². The van der Waals surface area contributed by atoms with E-state index in [-0.39, 0.29) is 5.41 Å². The second kappa shape index (κ2) is 8.64. The summed E-state index contributed by atoms with van der Waals surface area (Å²) in [6.45, 7) is 6.75. The summed E-state index contributed by atoms with van der Waals surface area (Å²) in [5.41, 5.74) is 19.6. The molecule has 3 nitrogen and oxygen atoms in total. The van der Waals surface area contributed by atoms with Gasteiger partial charge >= 0.3 is 0 Å². The lowest BCUT2D eigenvalue weighted by Gasteiger charge is -2.22. The highest BCUT2D eigenvalue weighted by molar-refractivity contribution is 6.03. The smallest absolute Gasteiger partial charge is 0.159 e. The van der Waals surface area contributed by atoms with Gasteiger partial charge in [0.05, 0.1) is 17.1 Å². The van der Waals surface area contributed by atoms with Crippen molar-refractivity contribution in [2.24, 2.45) is 0 Å². The number of hydrogen-bond acceptors (Lipinski definition) is 3. The van der Waals surface area contributed by atoms with E-state index < -0.39 is 0 Å². The molecule has 7 rings (SSSR count). The van der Waals surface area contributed by atoms with Crippen LogP contribution in [0.25, 0.3) is 44.5 Å². The Morgan fingerprint density at radius 3 is 2.15 bits per heavy atom. The zero-order chi connectivity index (χ0) is 26.7. The van der Waals surface area contributed by atoms with E-state index in [0.717, 1.165) is 44.8 Å². The van der Waals surface area contributed by atoms with Crippen molar-refractivity contribution in [3.05, 3.63) is 126 Å². The molecule has 5 aromatic carbocycles. The number of fused-ring (bicyclic) bond motifs is 4. The number of para-hydroxylation sites is 2. The number of anilines is 3. The molecule has 0 saturated carbocycles. The summed E-state index contributed by atoms with van der Waals surface area (Å²) in [7, 11) is 0. The Balaban J connectivity index is 1.40. The Hall–Kier alpha value is -4.76. The third-order valence-electron chi connectivity index (χ3n) is 8.21. The van der Waals surface area contributed by atoms with Crippen LogP contribution in [0, 0.1) is 6.92 Å². The number of benzene rings is 5. The zero-order valence-corrected chi connectivity index (χ0v) is 22.4. The van der Waals surface area contributed by atoms with E-state index in [1.807, 2.05) is 30.3 Å². The van der Waals surface area contributed by atoms with Gasteiger partial charge in [-0.1, -0.05) is 92.7 Å².